The first kappa shape index (κ1) is 18.2. The van der Waals surface area contributed by atoms with Crippen LogP contribution in [-0.2, 0) is 11.2 Å². The molecule has 1 aliphatic carbocycles. The van der Waals surface area contributed by atoms with Crippen molar-refractivity contribution >= 4 is 34.9 Å². The number of anilines is 1. The van der Waals surface area contributed by atoms with Crippen LogP contribution in [0.2, 0.25) is 5.02 Å². The van der Waals surface area contributed by atoms with Gasteiger partial charge in [-0.15, -0.1) is 0 Å². The normalized spacial score (nSPS) is 13.3. The van der Waals surface area contributed by atoms with Crippen LogP contribution >= 0.6 is 11.6 Å². The van der Waals surface area contributed by atoms with Crippen LogP contribution in [0.1, 0.15) is 50.5 Å². The lowest BCUT2D eigenvalue weighted by atomic mass is 9.94. The van der Waals surface area contributed by atoms with Gasteiger partial charge in [0.1, 0.15) is 5.69 Å². The number of Topliss-reactive ketones (excluding diaryl/α,β-unsaturated/α-hetero) is 1. The molecule has 1 aromatic carbocycles. The minimum absolute atomic E-state index is 0.0609. The van der Waals surface area contributed by atoms with Gasteiger partial charge in [0.15, 0.2) is 5.78 Å². The number of rotatable bonds is 4. The van der Waals surface area contributed by atoms with E-state index in [4.69, 9.17) is 11.6 Å². The molecule has 0 bridgehead atoms. The molecular formula is C19H20ClN3O3. The van der Waals surface area contributed by atoms with Crippen LogP contribution in [0.25, 0.3) is 0 Å². The van der Waals surface area contributed by atoms with E-state index in [-0.39, 0.29) is 18.2 Å². The molecule has 3 rings (SSSR count). The topological polar surface area (TPSA) is 91.1 Å². The highest BCUT2D eigenvalue weighted by Crippen LogP contribution is 2.26. The Morgan fingerprint density at radius 3 is 2.69 bits per heavy atom. The lowest BCUT2D eigenvalue weighted by Gasteiger charge is -2.09. The molecular weight excluding hydrogens is 354 g/mol. The van der Waals surface area contributed by atoms with Gasteiger partial charge in [-0.2, -0.15) is 0 Å². The average molecular weight is 374 g/mol. The molecule has 0 spiro atoms. The van der Waals surface area contributed by atoms with Gasteiger partial charge < -0.3 is 15.6 Å². The summed E-state index contributed by atoms with van der Waals surface area (Å²) in [5, 5.41) is 5.68. The molecule has 0 fully saturated rings. The number of ketones is 1. The highest BCUT2D eigenvalue weighted by molar-refractivity contribution is 6.33. The number of hydrogen-bond acceptors (Lipinski definition) is 3. The van der Waals surface area contributed by atoms with Gasteiger partial charge in [-0.1, -0.05) is 17.7 Å². The third-order valence-electron chi connectivity index (χ3n) is 4.47. The highest BCUT2D eigenvalue weighted by Gasteiger charge is 2.26. The van der Waals surface area contributed by atoms with Gasteiger partial charge in [0.2, 0.25) is 5.91 Å². The Labute approximate surface area is 156 Å². The van der Waals surface area contributed by atoms with Crippen LogP contribution in [0.3, 0.4) is 0 Å². The second kappa shape index (κ2) is 7.33. The summed E-state index contributed by atoms with van der Waals surface area (Å²) in [5.74, 6) is -0.727. The maximum Gasteiger partial charge on any atom is 0.268 e. The number of amides is 2. The van der Waals surface area contributed by atoms with Gasteiger partial charge in [0, 0.05) is 17.7 Å². The molecule has 0 saturated heterocycles. The van der Waals surface area contributed by atoms with Crippen molar-refractivity contribution in [2.24, 2.45) is 0 Å². The highest BCUT2D eigenvalue weighted by atomic mass is 35.5. The Bertz CT molecular complexity index is 902. The minimum atomic E-state index is -0.408. The summed E-state index contributed by atoms with van der Waals surface area (Å²) < 4.78 is 0. The van der Waals surface area contributed by atoms with E-state index in [0.29, 0.717) is 34.0 Å². The van der Waals surface area contributed by atoms with Crippen LogP contribution in [0.5, 0.6) is 0 Å². The summed E-state index contributed by atoms with van der Waals surface area (Å²) in [6.45, 7) is 3.46. The third kappa shape index (κ3) is 3.65. The lowest BCUT2D eigenvalue weighted by Crippen LogP contribution is -2.33. The lowest BCUT2D eigenvalue weighted by molar-refractivity contribution is -0.115. The van der Waals surface area contributed by atoms with E-state index in [2.05, 4.69) is 15.6 Å². The summed E-state index contributed by atoms with van der Waals surface area (Å²) >= 11 is 6.09. The monoisotopic (exact) mass is 373 g/mol. The number of H-pyrrole nitrogens is 1. The van der Waals surface area contributed by atoms with Gasteiger partial charge >= 0.3 is 0 Å². The molecule has 1 heterocycles. The Balaban J connectivity index is 1.64. The predicted octanol–water partition coefficient (Wildman–Crippen LogP) is 3.17. The van der Waals surface area contributed by atoms with E-state index in [1.807, 2.05) is 13.0 Å². The van der Waals surface area contributed by atoms with Crippen molar-refractivity contribution < 1.29 is 14.4 Å². The number of carbonyl (C=O) groups is 3. The smallest absolute Gasteiger partial charge is 0.268 e. The fourth-order valence-corrected chi connectivity index (χ4v) is 3.45. The molecule has 0 atom stereocenters. The molecule has 0 radical (unpaired) electrons. The van der Waals surface area contributed by atoms with Crippen LogP contribution in [0, 0.1) is 13.8 Å². The van der Waals surface area contributed by atoms with Gasteiger partial charge in [-0.05, 0) is 49.9 Å². The van der Waals surface area contributed by atoms with E-state index in [0.717, 1.165) is 24.1 Å². The van der Waals surface area contributed by atoms with Crippen LogP contribution in [0.15, 0.2) is 18.2 Å². The Morgan fingerprint density at radius 1 is 1.23 bits per heavy atom. The van der Waals surface area contributed by atoms with Crippen molar-refractivity contribution in [2.45, 2.75) is 33.1 Å². The fourth-order valence-electron chi connectivity index (χ4n) is 3.17. The Kier molecular flexibility index (Phi) is 5.13. The first-order chi connectivity index (χ1) is 12.4. The van der Waals surface area contributed by atoms with E-state index < -0.39 is 5.91 Å². The summed E-state index contributed by atoms with van der Waals surface area (Å²) in [5.41, 5.74) is 3.89. The van der Waals surface area contributed by atoms with Crippen molar-refractivity contribution in [3.05, 3.63) is 51.3 Å². The molecule has 26 heavy (non-hydrogen) atoms. The molecule has 6 nitrogen and oxygen atoms in total. The second-order valence-corrected chi connectivity index (χ2v) is 6.88. The van der Waals surface area contributed by atoms with E-state index >= 15 is 0 Å². The average Bonchev–Trinajstić information content (AvgIpc) is 2.93. The van der Waals surface area contributed by atoms with Gasteiger partial charge in [0.25, 0.3) is 5.91 Å². The van der Waals surface area contributed by atoms with Crippen molar-refractivity contribution in [2.75, 3.05) is 11.9 Å². The molecule has 3 N–H and O–H groups in total. The number of fused-ring (bicyclic) bond motifs is 1. The quantitative estimate of drug-likeness (QED) is 0.768. The molecule has 7 heteroatoms. The molecule has 136 valence electrons. The largest absolute Gasteiger partial charge is 0.354 e. The molecule has 1 aliphatic rings. The SMILES string of the molecule is Cc1ccc(NC(=O)CNC(=O)c2[nH]c3c(c2C)C(=O)CCC3)c(Cl)c1. The maximum absolute atomic E-state index is 12.4. The summed E-state index contributed by atoms with van der Waals surface area (Å²) in [6, 6.07) is 5.30. The van der Waals surface area contributed by atoms with Crippen LogP contribution in [0.4, 0.5) is 5.69 Å². The first-order valence-corrected chi connectivity index (χ1v) is 8.83. The zero-order valence-corrected chi connectivity index (χ0v) is 15.4. The zero-order chi connectivity index (χ0) is 18.8. The van der Waals surface area contributed by atoms with Crippen LogP contribution < -0.4 is 10.6 Å². The summed E-state index contributed by atoms with van der Waals surface area (Å²) in [7, 11) is 0. The van der Waals surface area contributed by atoms with Gasteiger partial charge in [-0.25, -0.2) is 0 Å². The van der Waals surface area contributed by atoms with Crippen molar-refractivity contribution in [1.29, 1.82) is 0 Å². The number of hydrogen-bond donors (Lipinski definition) is 3. The van der Waals surface area contributed by atoms with Gasteiger partial charge in [-0.3, -0.25) is 14.4 Å². The second-order valence-electron chi connectivity index (χ2n) is 6.47. The molecule has 0 saturated carbocycles. The molecule has 0 unspecified atom stereocenters. The van der Waals surface area contributed by atoms with Crippen LogP contribution in [-0.4, -0.2) is 29.1 Å². The maximum atomic E-state index is 12.4. The minimum Gasteiger partial charge on any atom is -0.354 e. The molecule has 2 aromatic rings. The number of aromatic nitrogens is 1. The number of carbonyl (C=O) groups excluding carboxylic acids is 3. The standard InChI is InChI=1S/C19H20ClN3O3/c1-10-6-7-13(12(20)8-10)22-16(25)9-21-19(26)18-11(2)17-14(23-18)4-3-5-15(17)24/h6-8,23H,3-5,9H2,1-2H3,(H,21,26)(H,22,25). The van der Waals surface area contributed by atoms with E-state index in [9.17, 15) is 14.4 Å². The van der Waals surface area contributed by atoms with Gasteiger partial charge in [0.05, 0.1) is 17.3 Å². The summed E-state index contributed by atoms with van der Waals surface area (Å²) in [4.78, 5) is 39.5. The van der Waals surface area contributed by atoms with Crippen molar-refractivity contribution in [1.82, 2.24) is 10.3 Å². The zero-order valence-electron chi connectivity index (χ0n) is 14.7. The number of benzene rings is 1. The van der Waals surface area contributed by atoms with E-state index in [1.165, 1.54) is 0 Å². The van der Waals surface area contributed by atoms with Crippen molar-refractivity contribution in [3.63, 3.8) is 0 Å². The Hall–Kier alpha value is -2.60. The fraction of sp³-hybridized carbons (Fsp3) is 0.316. The molecule has 1 aromatic heterocycles. The summed E-state index contributed by atoms with van der Waals surface area (Å²) in [6.07, 6.45) is 2.04. The third-order valence-corrected chi connectivity index (χ3v) is 4.79. The van der Waals surface area contributed by atoms with Crippen molar-refractivity contribution in [3.8, 4) is 0 Å². The first-order valence-electron chi connectivity index (χ1n) is 8.45. The predicted molar refractivity (Wildman–Crippen MR) is 100.0 cm³/mol. The van der Waals surface area contributed by atoms with E-state index in [1.54, 1.807) is 19.1 Å². The molecule has 2 amide bonds. The Morgan fingerprint density at radius 2 is 2.00 bits per heavy atom. The number of aromatic amines is 1. The molecule has 0 aliphatic heterocycles. The number of aryl methyl sites for hydroxylation is 2. The number of nitrogens with one attached hydrogen (secondary N) is 3. The number of halogens is 1.